The molecule has 0 spiro atoms. The number of nitrogens with one attached hydrogen (secondary N) is 1. The largest absolute Gasteiger partial charge is 0.493 e. The van der Waals surface area contributed by atoms with Crippen LogP contribution in [0.4, 0.5) is 6.01 Å². The molecule has 1 aromatic heterocycles. The van der Waals surface area contributed by atoms with Crippen molar-refractivity contribution in [1.82, 2.24) is 15.2 Å². The van der Waals surface area contributed by atoms with Crippen molar-refractivity contribution in [3.8, 4) is 11.5 Å². The normalized spacial score (nSPS) is 13.4. The molecule has 2 aromatic rings. The van der Waals surface area contributed by atoms with E-state index in [1.165, 1.54) is 37.7 Å². The number of aromatic nitrogens is 1. The van der Waals surface area contributed by atoms with Crippen LogP contribution >= 0.6 is 0 Å². The highest BCUT2D eigenvalue weighted by molar-refractivity contribution is 6.09. The lowest BCUT2D eigenvalue weighted by atomic mass is 10.1. The van der Waals surface area contributed by atoms with Crippen molar-refractivity contribution in [2.24, 2.45) is 4.99 Å². The number of fused-ring (bicyclic) bond motifs is 1. The molecule has 10 heteroatoms. The van der Waals surface area contributed by atoms with Crippen molar-refractivity contribution in [3.05, 3.63) is 47.6 Å². The highest BCUT2D eigenvalue weighted by Gasteiger charge is 2.33. The van der Waals surface area contributed by atoms with Crippen molar-refractivity contribution in [1.29, 1.82) is 0 Å². The van der Waals surface area contributed by atoms with E-state index in [1.54, 1.807) is 18.3 Å². The maximum Gasteiger partial charge on any atom is 0.305 e. The molecular formula is C23H29N5O5. The first-order valence-corrected chi connectivity index (χ1v) is 10.7. The Labute approximate surface area is 192 Å². The number of methoxy groups -OCH3 is 2. The summed E-state index contributed by atoms with van der Waals surface area (Å²) in [5.41, 5.74) is 1.22. The Bertz CT molecular complexity index is 1050. The maximum absolute atomic E-state index is 12.8. The van der Waals surface area contributed by atoms with Crippen molar-refractivity contribution in [2.75, 3.05) is 39.3 Å². The van der Waals surface area contributed by atoms with Crippen LogP contribution in [0.15, 0.2) is 40.1 Å². The second-order valence-electron chi connectivity index (χ2n) is 7.48. The number of amides is 2. The molecule has 1 aliphatic rings. The van der Waals surface area contributed by atoms with Gasteiger partial charge in [-0.25, -0.2) is 4.98 Å². The number of carbonyl (C=O) groups is 2. The van der Waals surface area contributed by atoms with Crippen LogP contribution in [0.2, 0.25) is 0 Å². The fourth-order valence-corrected chi connectivity index (χ4v) is 3.42. The molecule has 0 saturated carbocycles. The Morgan fingerprint density at radius 3 is 2.79 bits per heavy atom. The number of carbonyl (C=O) groups excluding carboxylic acids is 2. The smallest absolute Gasteiger partial charge is 0.305 e. The Balaban J connectivity index is 1.56. The number of hydrogen-bond acceptors (Lipinski definition) is 8. The molecule has 1 aromatic carbocycles. The van der Waals surface area contributed by atoms with Gasteiger partial charge in [-0.3, -0.25) is 19.5 Å². The van der Waals surface area contributed by atoms with E-state index < -0.39 is 5.91 Å². The molecule has 3 rings (SSSR count). The number of benzene rings is 1. The van der Waals surface area contributed by atoms with E-state index in [-0.39, 0.29) is 24.2 Å². The van der Waals surface area contributed by atoms with E-state index >= 15 is 0 Å². The average molecular weight is 456 g/mol. The molecule has 2 heterocycles. The third-order valence-electron chi connectivity index (χ3n) is 5.09. The van der Waals surface area contributed by atoms with Gasteiger partial charge in [-0.05, 0) is 44.1 Å². The van der Waals surface area contributed by atoms with Gasteiger partial charge in [0.25, 0.3) is 11.8 Å². The molecule has 0 atom stereocenters. The lowest BCUT2D eigenvalue weighted by Crippen LogP contribution is -2.23. The van der Waals surface area contributed by atoms with Gasteiger partial charge in [-0.2, -0.15) is 0 Å². The molecule has 10 nitrogen and oxygen atoms in total. The van der Waals surface area contributed by atoms with Crippen LogP contribution in [0.1, 0.15) is 46.2 Å². The second kappa shape index (κ2) is 11.3. The summed E-state index contributed by atoms with van der Waals surface area (Å²) in [4.78, 5) is 36.9. The highest BCUT2D eigenvalue weighted by atomic mass is 16.5. The summed E-state index contributed by atoms with van der Waals surface area (Å²) in [6.07, 6.45) is 7.93. The second-order valence-corrected chi connectivity index (χ2v) is 7.48. The molecule has 0 fully saturated rings. The summed E-state index contributed by atoms with van der Waals surface area (Å²) in [6, 6.07) is 3.41. The zero-order chi connectivity index (χ0) is 23.8. The minimum absolute atomic E-state index is 0.0151. The number of aliphatic imine (C=N–C) groups is 1. The van der Waals surface area contributed by atoms with Crippen LogP contribution in [0, 0.1) is 0 Å². The summed E-state index contributed by atoms with van der Waals surface area (Å²) >= 11 is 0. The molecule has 0 radical (unpaired) electrons. The van der Waals surface area contributed by atoms with E-state index in [0.29, 0.717) is 17.1 Å². The third-order valence-corrected chi connectivity index (χ3v) is 5.09. The van der Waals surface area contributed by atoms with Gasteiger partial charge < -0.3 is 24.1 Å². The van der Waals surface area contributed by atoms with Crippen molar-refractivity contribution >= 4 is 24.0 Å². The third kappa shape index (κ3) is 5.78. The van der Waals surface area contributed by atoms with Crippen molar-refractivity contribution in [2.45, 2.75) is 26.3 Å². The van der Waals surface area contributed by atoms with Gasteiger partial charge in [0.15, 0.2) is 11.5 Å². The maximum atomic E-state index is 12.8. The van der Waals surface area contributed by atoms with Gasteiger partial charge in [0.1, 0.15) is 0 Å². The summed E-state index contributed by atoms with van der Waals surface area (Å²) in [7, 11) is 5.11. The fraction of sp³-hybridized carbons (Fsp3) is 0.391. The zero-order valence-electron chi connectivity index (χ0n) is 19.3. The number of oxazole rings is 1. The predicted molar refractivity (Wildman–Crippen MR) is 124 cm³/mol. The summed E-state index contributed by atoms with van der Waals surface area (Å²) in [5, 5.41) is 2.57. The first kappa shape index (κ1) is 24.0. The van der Waals surface area contributed by atoms with Gasteiger partial charge in [0.2, 0.25) is 5.76 Å². The summed E-state index contributed by atoms with van der Waals surface area (Å²) < 4.78 is 16.1. The van der Waals surface area contributed by atoms with E-state index in [1.807, 2.05) is 0 Å². The lowest BCUT2D eigenvalue weighted by molar-refractivity contribution is 0.0936. The van der Waals surface area contributed by atoms with Crippen molar-refractivity contribution < 1.29 is 23.5 Å². The summed E-state index contributed by atoms with van der Waals surface area (Å²) in [6.45, 7) is 4.37. The van der Waals surface area contributed by atoms with Gasteiger partial charge >= 0.3 is 6.01 Å². The van der Waals surface area contributed by atoms with Gasteiger partial charge in [-0.15, -0.1) is 0 Å². The van der Waals surface area contributed by atoms with Crippen LogP contribution in [-0.2, 0) is 6.54 Å². The first-order valence-electron chi connectivity index (χ1n) is 10.7. The van der Waals surface area contributed by atoms with E-state index in [9.17, 15) is 9.59 Å². The van der Waals surface area contributed by atoms with Crippen LogP contribution in [0.25, 0.3) is 0 Å². The molecule has 0 aliphatic carbocycles. The van der Waals surface area contributed by atoms with Crippen LogP contribution in [0.3, 0.4) is 0 Å². The van der Waals surface area contributed by atoms with E-state index in [4.69, 9.17) is 13.9 Å². The van der Waals surface area contributed by atoms with E-state index in [2.05, 4.69) is 34.2 Å². The molecule has 33 heavy (non-hydrogen) atoms. The lowest BCUT2D eigenvalue weighted by Gasteiger charge is -2.12. The van der Waals surface area contributed by atoms with Crippen molar-refractivity contribution in [3.63, 3.8) is 0 Å². The fourth-order valence-electron chi connectivity index (χ4n) is 3.42. The van der Waals surface area contributed by atoms with Crippen LogP contribution in [-0.4, -0.2) is 62.3 Å². The monoisotopic (exact) mass is 455 g/mol. The number of hydrogen-bond donors (Lipinski definition) is 1. The molecule has 0 bridgehead atoms. The molecule has 2 amide bonds. The number of ether oxygens (including phenoxy) is 2. The molecular weight excluding hydrogens is 426 g/mol. The van der Waals surface area contributed by atoms with Gasteiger partial charge in [0.05, 0.1) is 27.0 Å². The molecule has 1 N–H and O–H groups in total. The standard InChI is InChI=1S/C23H29N5O5/c1-5-10-27(2)11-6-7-24-8-9-25-21(29)20-14-26-23(33-20)28-15-16-12-18(31-3)19(32-4)13-17(16)22(28)30/h7-9,12-14H,5-6,10-11,15H2,1-4H3,(H,25,29)/b9-8+,24-7?. The molecule has 0 unspecified atom stereocenters. The zero-order valence-corrected chi connectivity index (χ0v) is 19.3. The Morgan fingerprint density at radius 2 is 2.06 bits per heavy atom. The Hall–Kier alpha value is -3.66. The van der Waals surface area contributed by atoms with E-state index in [0.717, 1.165) is 31.5 Å². The van der Waals surface area contributed by atoms with Crippen LogP contribution in [0.5, 0.6) is 11.5 Å². The number of anilines is 1. The Kier molecular flexibility index (Phi) is 8.20. The summed E-state index contributed by atoms with van der Waals surface area (Å²) in [5.74, 6) is 0.190. The van der Waals surface area contributed by atoms with Crippen LogP contribution < -0.4 is 19.7 Å². The minimum Gasteiger partial charge on any atom is -0.493 e. The van der Waals surface area contributed by atoms with Gasteiger partial charge in [-0.1, -0.05) is 6.92 Å². The molecule has 1 aliphatic heterocycles. The first-order chi connectivity index (χ1) is 16.0. The molecule has 176 valence electrons. The highest BCUT2D eigenvalue weighted by Crippen LogP contribution is 2.36. The topological polar surface area (TPSA) is 110 Å². The minimum atomic E-state index is -0.490. The average Bonchev–Trinajstić information content (AvgIpc) is 3.42. The molecule has 0 saturated heterocycles. The SMILES string of the molecule is CCCN(C)CCC=N/C=C/NC(=O)c1cnc(N2Cc3cc(OC)c(OC)cc3C2=O)o1. The number of nitrogens with zero attached hydrogens (tertiary/aromatic N) is 4. The number of rotatable bonds is 11. The Morgan fingerprint density at radius 1 is 1.30 bits per heavy atom. The van der Waals surface area contributed by atoms with Gasteiger partial charge in [0, 0.05) is 30.7 Å². The quantitative estimate of drug-likeness (QED) is 0.519. The predicted octanol–water partition coefficient (Wildman–Crippen LogP) is 2.86.